The number of benzene rings is 1. The fourth-order valence-corrected chi connectivity index (χ4v) is 1.39. The van der Waals surface area contributed by atoms with Gasteiger partial charge in [-0.2, -0.15) is 0 Å². The zero-order valence-electron chi connectivity index (χ0n) is 6.66. The molecule has 0 radical (unpaired) electrons. The van der Waals surface area contributed by atoms with Crippen LogP contribution >= 0.6 is 0 Å². The first-order valence-corrected chi connectivity index (χ1v) is 4.67. The molecule has 3 nitrogen and oxygen atoms in total. The summed E-state index contributed by atoms with van der Waals surface area (Å²) in [5, 5.41) is 11.8. The number of aromatic hydroxyl groups is 1. The number of anilines is 1. The number of rotatable bonds is 1. The number of nitrogens with one attached hydrogen (secondary N) is 1. The summed E-state index contributed by atoms with van der Waals surface area (Å²) in [6.45, 7) is 1.41. The summed E-state index contributed by atoms with van der Waals surface area (Å²) in [6.07, 6.45) is 0. The molecule has 0 saturated carbocycles. The van der Waals surface area contributed by atoms with Gasteiger partial charge in [0.2, 0.25) is 0 Å². The first-order chi connectivity index (χ1) is 5.59. The van der Waals surface area contributed by atoms with Gasteiger partial charge in [0.25, 0.3) is 0 Å². The predicted molar refractivity (Wildman–Crippen MR) is 50.6 cm³/mol. The van der Waals surface area contributed by atoms with Crippen molar-refractivity contribution in [2.75, 3.05) is 5.32 Å². The summed E-state index contributed by atoms with van der Waals surface area (Å²) >= 11 is 1.45. The van der Waals surface area contributed by atoms with Crippen LogP contribution in [0, 0.1) is 0 Å². The summed E-state index contributed by atoms with van der Waals surface area (Å²) in [4.78, 5) is 10.7. The molecule has 64 valence electrons. The molecule has 2 N–H and O–H groups in total. The van der Waals surface area contributed by atoms with Crippen LogP contribution in [0.3, 0.4) is 0 Å². The van der Waals surface area contributed by atoms with Gasteiger partial charge < -0.3 is 0 Å². The molecule has 1 rings (SSSR count). The van der Waals surface area contributed by atoms with Crippen LogP contribution in [0.1, 0.15) is 6.92 Å². The molecule has 0 aromatic heterocycles. The topological polar surface area (TPSA) is 49.3 Å². The average Bonchev–Trinajstić information content (AvgIpc) is 1.96. The van der Waals surface area contributed by atoms with E-state index in [2.05, 4.69) is 5.32 Å². The Morgan fingerprint density at radius 1 is 1.58 bits per heavy atom. The van der Waals surface area contributed by atoms with Crippen LogP contribution in [-0.4, -0.2) is 27.9 Å². The van der Waals surface area contributed by atoms with E-state index in [-0.39, 0.29) is 11.7 Å². The van der Waals surface area contributed by atoms with Gasteiger partial charge >= 0.3 is 78.9 Å². The van der Waals surface area contributed by atoms with Gasteiger partial charge in [-0.3, -0.25) is 0 Å². The molecule has 0 spiro atoms. The third-order valence-corrected chi connectivity index (χ3v) is 2.08. The quantitative estimate of drug-likeness (QED) is 0.507. The normalized spacial score (nSPS) is 9.50. The van der Waals surface area contributed by atoms with Crippen LogP contribution in [0.4, 0.5) is 5.69 Å². The molecule has 0 fully saturated rings. The first kappa shape index (κ1) is 9.14. The molecule has 0 heterocycles. The molecule has 0 saturated heterocycles. The summed E-state index contributed by atoms with van der Waals surface area (Å²) in [5.74, 6) is -0.0741. The zero-order valence-corrected chi connectivity index (χ0v) is 9.09. The number of carbonyl (C=O) groups excluding carboxylic acids is 1. The first-order valence-electron chi connectivity index (χ1n) is 3.45. The third-order valence-electron chi connectivity index (χ3n) is 1.33. The van der Waals surface area contributed by atoms with E-state index in [1.165, 1.54) is 23.8 Å². The van der Waals surface area contributed by atoms with E-state index in [0.29, 0.717) is 5.69 Å². The molecule has 12 heavy (non-hydrogen) atoms. The second kappa shape index (κ2) is 3.63. The Balaban J connectivity index is 2.97. The molecule has 1 aromatic rings. The monoisotopic (exact) mass is 227 g/mol. The Kier molecular flexibility index (Phi) is 2.77. The molecule has 0 bridgehead atoms. The minimum atomic E-state index is -0.177. The molecule has 0 aliphatic rings. The summed E-state index contributed by atoms with van der Waals surface area (Å²) in [7, 11) is 0. The van der Waals surface area contributed by atoms with E-state index in [1.54, 1.807) is 18.2 Å². The van der Waals surface area contributed by atoms with Crippen LogP contribution in [-0.2, 0) is 4.79 Å². The SMILES string of the molecule is CC(=O)Nc1cc([AsH2])ccc1O. The molecule has 4 heteroatoms. The van der Waals surface area contributed by atoms with Crippen molar-refractivity contribution >= 4 is 32.8 Å². The molecule has 1 aromatic carbocycles. The average molecular weight is 227 g/mol. The van der Waals surface area contributed by atoms with Gasteiger partial charge in [-0.15, -0.1) is 0 Å². The van der Waals surface area contributed by atoms with Gasteiger partial charge in [0.05, 0.1) is 0 Å². The third kappa shape index (κ3) is 2.28. The zero-order chi connectivity index (χ0) is 9.14. The molecule has 1 unspecified atom stereocenters. The van der Waals surface area contributed by atoms with Gasteiger partial charge in [-0.1, -0.05) is 0 Å². The van der Waals surface area contributed by atoms with Crippen molar-refractivity contribution in [3.05, 3.63) is 18.2 Å². The number of hydrogen-bond donors (Lipinski definition) is 2. The Morgan fingerprint density at radius 2 is 2.25 bits per heavy atom. The Labute approximate surface area is 79.3 Å². The van der Waals surface area contributed by atoms with Crippen molar-refractivity contribution in [2.24, 2.45) is 0 Å². The van der Waals surface area contributed by atoms with Crippen molar-refractivity contribution in [3.8, 4) is 5.75 Å². The van der Waals surface area contributed by atoms with Crippen LogP contribution in [0.15, 0.2) is 18.2 Å². The predicted octanol–water partition coefficient (Wildman–Crippen LogP) is -0.391. The van der Waals surface area contributed by atoms with Crippen LogP contribution < -0.4 is 9.67 Å². The molecule has 1 amide bonds. The molecular formula is C8H10AsNO2. The fourth-order valence-electron chi connectivity index (χ4n) is 0.843. The standard InChI is InChI=1S/C8H10AsNO2/c1-5(11)10-7-4-6(9)2-3-8(7)12/h2-4,12H,9H2,1H3,(H,10,11). The van der Waals surface area contributed by atoms with Crippen molar-refractivity contribution in [1.29, 1.82) is 0 Å². The van der Waals surface area contributed by atoms with E-state index in [4.69, 9.17) is 0 Å². The summed E-state index contributed by atoms with van der Waals surface area (Å²) in [5.41, 5.74) is 0.476. The second-order valence-corrected chi connectivity index (χ2v) is 3.86. The van der Waals surface area contributed by atoms with Gasteiger partial charge in [0, 0.05) is 0 Å². The van der Waals surface area contributed by atoms with Gasteiger partial charge in [-0.05, 0) is 0 Å². The molecule has 0 aliphatic carbocycles. The van der Waals surface area contributed by atoms with Gasteiger partial charge in [-0.25, -0.2) is 0 Å². The number of phenols is 1. The van der Waals surface area contributed by atoms with Crippen LogP contribution in [0.25, 0.3) is 0 Å². The number of carbonyl (C=O) groups is 1. The van der Waals surface area contributed by atoms with Crippen LogP contribution in [0.2, 0.25) is 0 Å². The maximum absolute atomic E-state index is 10.7. The Bertz CT molecular complexity index is 312. The molecule has 1 atom stereocenters. The van der Waals surface area contributed by atoms with E-state index >= 15 is 0 Å². The Morgan fingerprint density at radius 3 is 2.83 bits per heavy atom. The number of phenolic OH excluding ortho intramolecular Hbond substituents is 1. The maximum atomic E-state index is 10.7. The molecule has 0 aliphatic heterocycles. The summed E-state index contributed by atoms with van der Waals surface area (Å²) in [6, 6.07) is 5.12. The van der Waals surface area contributed by atoms with E-state index in [0.717, 1.165) is 4.35 Å². The second-order valence-electron chi connectivity index (χ2n) is 2.46. The van der Waals surface area contributed by atoms with E-state index in [1.807, 2.05) is 0 Å². The fraction of sp³-hybridized carbons (Fsp3) is 0.125. The van der Waals surface area contributed by atoms with Gasteiger partial charge in [0.1, 0.15) is 0 Å². The van der Waals surface area contributed by atoms with Crippen molar-refractivity contribution in [1.82, 2.24) is 0 Å². The number of hydrogen-bond acceptors (Lipinski definition) is 2. The Hall–Kier alpha value is -0.952. The van der Waals surface area contributed by atoms with Crippen LogP contribution in [0.5, 0.6) is 5.75 Å². The van der Waals surface area contributed by atoms with Crippen molar-refractivity contribution in [3.63, 3.8) is 0 Å². The van der Waals surface area contributed by atoms with Gasteiger partial charge in [0.15, 0.2) is 0 Å². The number of amides is 1. The molecular weight excluding hydrogens is 217 g/mol. The van der Waals surface area contributed by atoms with E-state index in [9.17, 15) is 9.90 Å². The van der Waals surface area contributed by atoms with E-state index < -0.39 is 0 Å². The van der Waals surface area contributed by atoms with Crippen molar-refractivity contribution in [2.45, 2.75) is 6.92 Å². The minimum absolute atomic E-state index is 0.103. The van der Waals surface area contributed by atoms with Crippen molar-refractivity contribution < 1.29 is 9.90 Å². The summed E-state index contributed by atoms with van der Waals surface area (Å²) < 4.78 is 1.06.